The fourth-order valence-corrected chi connectivity index (χ4v) is 4.09. The summed E-state index contributed by atoms with van der Waals surface area (Å²) in [7, 11) is 0. The fourth-order valence-electron chi connectivity index (χ4n) is 2.75. The van der Waals surface area contributed by atoms with E-state index in [0.29, 0.717) is 0 Å². The summed E-state index contributed by atoms with van der Waals surface area (Å²) in [6, 6.07) is 7.33. The molecule has 1 aliphatic heterocycles. The Morgan fingerprint density at radius 2 is 1.97 bits per heavy atom. The highest BCUT2D eigenvalue weighted by molar-refractivity contribution is 8.26. The van der Waals surface area contributed by atoms with Gasteiger partial charge in [0.25, 0.3) is 11.6 Å². The quantitative estimate of drug-likeness (QED) is 0.280. The van der Waals surface area contributed by atoms with E-state index in [4.69, 9.17) is 21.7 Å². The van der Waals surface area contributed by atoms with Crippen LogP contribution in [0.15, 0.2) is 45.7 Å². The normalized spacial score (nSPS) is 16.1. The zero-order valence-electron chi connectivity index (χ0n) is 14.9. The molecule has 2 N–H and O–H groups in total. The zero-order chi connectivity index (χ0) is 22.0. The molecule has 2 aromatic rings. The van der Waals surface area contributed by atoms with Crippen LogP contribution in [0.4, 0.5) is 5.69 Å². The van der Waals surface area contributed by atoms with Crippen LogP contribution in [0.25, 0.3) is 17.4 Å². The molecular formula is C18H12N2O8S2. The lowest BCUT2D eigenvalue weighted by Crippen LogP contribution is -2.45. The van der Waals surface area contributed by atoms with Crippen LogP contribution in [0.1, 0.15) is 12.2 Å². The Morgan fingerprint density at radius 3 is 2.60 bits per heavy atom. The highest BCUT2D eigenvalue weighted by Gasteiger charge is 2.41. The summed E-state index contributed by atoms with van der Waals surface area (Å²) in [4.78, 5) is 46.4. The van der Waals surface area contributed by atoms with Gasteiger partial charge in [-0.2, -0.15) is 0 Å². The standard InChI is InChI=1S/C18H12N2O8S2/c21-15(22)8-12(17(24)25)19-16(23)14(30-18(19)29)7-9-5-6-13(28-9)10-3-1-2-4-11(10)20(26)27/h1-7,12H,8H2,(H,21,22)(H,24,25)/b14-7+/t12-/m0/s1. The second-order valence-electron chi connectivity index (χ2n) is 5.98. The molecule has 0 spiro atoms. The molecule has 0 radical (unpaired) electrons. The molecule has 0 unspecified atom stereocenters. The summed E-state index contributed by atoms with van der Waals surface area (Å²) in [6.07, 6.45) is 0.509. The number of nitro benzene ring substituents is 1. The van der Waals surface area contributed by atoms with Gasteiger partial charge in [0.1, 0.15) is 21.9 Å². The number of aliphatic carboxylic acids is 2. The van der Waals surface area contributed by atoms with Gasteiger partial charge in [0.15, 0.2) is 0 Å². The number of nitrogens with zero attached hydrogens (tertiary/aromatic N) is 2. The highest BCUT2D eigenvalue weighted by Crippen LogP contribution is 2.36. The molecule has 1 aliphatic rings. The minimum Gasteiger partial charge on any atom is -0.481 e. The number of thioether (sulfide) groups is 1. The Morgan fingerprint density at radius 1 is 1.27 bits per heavy atom. The van der Waals surface area contributed by atoms with Crippen molar-refractivity contribution >= 4 is 57.9 Å². The molecule has 1 aromatic carbocycles. The molecule has 1 aromatic heterocycles. The average molecular weight is 448 g/mol. The van der Waals surface area contributed by atoms with Gasteiger partial charge in [0, 0.05) is 12.1 Å². The molecule has 2 heterocycles. The number of amides is 1. The van der Waals surface area contributed by atoms with Gasteiger partial charge in [0.2, 0.25) is 0 Å². The minimum absolute atomic E-state index is 0.0418. The van der Waals surface area contributed by atoms with E-state index in [-0.39, 0.29) is 32.0 Å². The number of carbonyl (C=O) groups is 3. The second-order valence-corrected chi connectivity index (χ2v) is 7.66. The number of para-hydroxylation sites is 1. The van der Waals surface area contributed by atoms with Crippen LogP contribution in [-0.2, 0) is 14.4 Å². The first-order chi connectivity index (χ1) is 14.2. The van der Waals surface area contributed by atoms with E-state index in [2.05, 4.69) is 0 Å². The maximum Gasteiger partial charge on any atom is 0.327 e. The number of carbonyl (C=O) groups excluding carboxylic acids is 1. The smallest absolute Gasteiger partial charge is 0.327 e. The maximum absolute atomic E-state index is 12.6. The van der Waals surface area contributed by atoms with Crippen LogP contribution < -0.4 is 0 Å². The molecule has 12 heteroatoms. The number of furan rings is 1. The van der Waals surface area contributed by atoms with Crippen LogP contribution in [-0.4, -0.2) is 48.2 Å². The number of hydrogen-bond acceptors (Lipinski definition) is 8. The molecule has 3 rings (SSSR count). The molecule has 1 amide bonds. The van der Waals surface area contributed by atoms with Gasteiger partial charge < -0.3 is 14.6 Å². The molecule has 0 aliphatic carbocycles. The van der Waals surface area contributed by atoms with Crippen LogP contribution in [0, 0.1) is 10.1 Å². The Balaban J connectivity index is 1.90. The van der Waals surface area contributed by atoms with E-state index in [0.717, 1.165) is 16.7 Å². The van der Waals surface area contributed by atoms with E-state index in [1.54, 1.807) is 6.07 Å². The highest BCUT2D eigenvalue weighted by atomic mass is 32.2. The third-order valence-corrected chi connectivity index (χ3v) is 5.38. The first-order valence-electron chi connectivity index (χ1n) is 8.24. The summed E-state index contributed by atoms with van der Waals surface area (Å²) in [5.41, 5.74) is 0.102. The molecule has 0 bridgehead atoms. The molecule has 1 saturated heterocycles. The Kier molecular flexibility index (Phi) is 5.99. The van der Waals surface area contributed by atoms with Crippen molar-refractivity contribution in [3.05, 3.63) is 57.2 Å². The predicted octanol–water partition coefficient (Wildman–Crippen LogP) is 2.98. The summed E-state index contributed by atoms with van der Waals surface area (Å²) in [5, 5.41) is 29.4. The van der Waals surface area contributed by atoms with Gasteiger partial charge in [-0.1, -0.05) is 36.1 Å². The van der Waals surface area contributed by atoms with Gasteiger partial charge >= 0.3 is 11.9 Å². The summed E-state index contributed by atoms with van der Waals surface area (Å²) < 4.78 is 5.50. The number of rotatable bonds is 7. The van der Waals surface area contributed by atoms with E-state index < -0.39 is 35.2 Å². The lowest BCUT2D eigenvalue weighted by atomic mass is 10.1. The van der Waals surface area contributed by atoms with E-state index in [9.17, 15) is 29.6 Å². The Bertz CT molecular complexity index is 1110. The third kappa shape index (κ3) is 4.23. The Hall–Kier alpha value is -3.51. The fraction of sp³-hybridized carbons (Fsp3) is 0.111. The van der Waals surface area contributed by atoms with Crippen molar-refractivity contribution in [2.24, 2.45) is 0 Å². The van der Waals surface area contributed by atoms with Crippen molar-refractivity contribution in [2.75, 3.05) is 0 Å². The topological polar surface area (TPSA) is 151 Å². The second kappa shape index (κ2) is 8.47. The van der Waals surface area contributed by atoms with Crippen molar-refractivity contribution in [1.29, 1.82) is 0 Å². The van der Waals surface area contributed by atoms with Gasteiger partial charge in [-0.3, -0.25) is 24.6 Å². The van der Waals surface area contributed by atoms with Gasteiger partial charge in [-0.15, -0.1) is 0 Å². The minimum atomic E-state index is -1.64. The van der Waals surface area contributed by atoms with E-state index in [1.165, 1.54) is 36.4 Å². The van der Waals surface area contributed by atoms with Crippen molar-refractivity contribution in [2.45, 2.75) is 12.5 Å². The maximum atomic E-state index is 12.6. The SMILES string of the molecule is O=C(O)C[C@@H](C(=O)O)N1C(=O)/C(=C\c2ccc(-c3ccccc3[N+](=O)[O-])o2)SC1=S. The first kappa shape index (κ1) is 21.2. The van der Waals surface area contributed by atoms with Crippen LogP contribution in [0.5, 0.6) is 0 Å². The van der Waals surface area contributed by atoms with Crippen LogP contribution in [0.3, 0.4) is 0 Å². The summed E-state index contributed by atoms with van der Waals surface area (Å²) in [5.74, 6) is -3.25. The molecule has 1 fully saturated rings. The van der Waals surface area contributed by atoms with Crippen molar-refractivity contribution < 1.29 is 33.9 Å². The van der Waals surface area contributed by atoms with Crippen LogP contribution in [0.2, 0.25) is 0 Å². The number of benzene rings is 1. The van der Waals surface area contributed by atoms with Crippen LogP contribution >= 0.6 is 24.0 Å². The molecule has 1 atom stereocenters. The molecule has 154 valence electrons. The number of thiocarbonyl (C=S) groups is 1. The van der Waals surface area contributed by atoms with Gasteiger partial charge in [0.05, 0.1) is 21.8 Å². The average Bonchev–Trinajstić information content (AvgIpc) is 3.24. The zero-order valence-corrected chi connectivity index (χ0v) is 16.5. The molecular weight excluding hydrogens is 436 g/mol. The van der Waals surface area contributed by atoms with E-state index >= 15 is 0 Å². The number of carboxylic acid groups (broad SMARTS) is 2. The van der Waals surface area contributed by atoms with Crippen molar-refractivity contribution in [3.8, 4) is 11.3 Å². The summed E-state index contributed by atoms with van der Waals surface area (Å²) in [6.45, 7) is 0. The number of hydrogen-bond donors (Lipinski definition) is 2. The Labute approximate surface area is 177 Å². The van der Waals surface area contributed by atoms with Crippen molar-refractivity contribution in [3.63, 3.8) is 0 Å². The van der Waals surface area contributed by atoms with Crippen molar-refractivity contribution in [1.82, 2.24) is 4.90 Å². The third-order valence-electron chi connectivity index (χ3n) is 4.05. The lowest BCUT2D eigenvalue weighted by Gasteiger charge is -2.21. The van der Waals surface area contributed by atoms with Gasteiger partial charge in [-0.25, -0.2) is 4.79 Å². The number of carboxylic acids is 2. The van der Waals surface area contributed by atoms with E-state index in [1.807, 2.05) is 0 Å². The molecule has 30 heavy (non-hydrogen) atoms. The number of nitro groups is 1. The largest absolute Gasteiger partial charge is 0.481 e. The predicted molar refractivity (Wildman–Crippen MR) is 109 cm³/mol. The monoisotopic (exact) mass is 448 g/mol. The molecule has 10 nitrogen and oxygen atoms in total. The lowest BCUT2D eigenvalue weighted by molar-refractivity contribution is -0.384. The summed E-state index contributed by atoms with van der Waals surface area (Å²) >= 11 is 5.86. The van der Waals surface area contributed by atoms with Gasteiger partial charge in [-0.05, 0) is 18.2 Å². The molecule has 0 saturated carbocycles. The first-order valence-corrected chi connectivity index (χ1v) is 9.46.